The molecule has 94 valence electrons. The standard InChI is InChI=1S/C11H12N4O3/c12-6-2-5-10-13-14-11(18-10)8-3-1-4-9(7-8)15(16)17/h1,3-4,7H,2,5-6,12H2. The van der Waals surface area contributed by atoms with Crippen molar-refractivity contribution in [1.29, 1.82) is 0 Å². The van der Waals surface area contributed by atoms with E-state index in [1.807, 2.05) is 0 Å². The van der Waals surface area contributed by atoms with E-state index in [-0.39, 0.29) is 11.6 Å². The summed E-state index contributed by atoms with van der Waals surface area (Å²) in [5, 5.41) is 18.4. The highest BCUT2D eigenvalue weighted by atomic mass is 16.6. The summed E-state index contributed by atoms with van der Waals surface area (Å²) in [6.07, 6.45) is 1.37. The molecule has 0 aliphatic rings. The van der Waals surface area contributed by atoms with Gasteiger partial charge in [0.2, 0.25) is 11.8 Å². The van der Waals surface area contributed by atoms with E-state index in [1.165, 1.54) is 12.1 Å². The first-order valence-electron chi connectivity index (χ1n) is 5.48. The molecular formula is C11H12N4O3. The maximum atomic E-state index is 10.7. The predicted octanol–water partition coefficient (Wildman–Crippen LogP) is 1.54. The lowest BCUT2D eigenvalue weighted by Crippen LogP contribution is -2.00. The van der Waals surface area contributed by atoms with E-state index in [2.05, 4.69) is 10.2 Å². The molecule has 0 amide bonds. The molecule has 0 spiro atoms. The molecule has 1 aromatic carbocycles. The number of hydrogen-bond acceptors (Lipinski definition) is 6. The van der Waals surface area contributed by atoms with Crippen LogP contribution in [0.15, 0.2) is 28.7 Å². The Morgan fingerprint density at radius 2 is 2.22 bits per heavy atom. The third-order valence-corrected chi connectivity index (χ3v) is 2.37. The molecule has 2 rings (SSSR count). The van der Waals surface area contributed by atoms with Crippen LogP contribution in [0.2, 0.25) is 0 Å². The highest BCUT2D eigenvalue weighted by Gasteiger charge is 2.12. The van der Waals surface area contributed by atoms with Crippen molar-refractivity contribution in [3.8, 4) is 11.5 Å². The number of hydrogen-bond donors (Lipinski definition) is 1. The van der Waals surface area contributed by atoms with Crippen molar-refractivity contribution in [3.63, 3.8) is 0 Å². The zero-order valence-electron chi connectivity index (χ0n) is 9.57. The van der Waals surface area contributed by atoms with Gasteiger partial charge in [-0.25, -0.2) is 0 Å². The number of nitro benzene ring substituents is 1. The van der Waals surface area contributed by atoms with E-state index in [9.17, 15) is 10.1 Å². The SMILES string of the molecule is NCCCc1nnc(-c2cccc([N+](=O)[O-])c2)o1. The summed E-state index contributed by atoms with van der Waals surface area (Å²) < 4.78 is 5.41. The van der Waals surface area contributed by atoms with Crippen LogP contribution in [0, 0.1) is 10.1 Å². The fraction of sp³-hybridized carbons (Fsp3) is 0.273. The monoisotopic (exact) mass is 248 g/mol. The van der Waals surface area contributed by atoms with Crippen molar-refractivity contribution in [2.24, 2.45) is 5.73 Å². The Labute approximate surface area is 103 Å². The van der Waals surface area contributed by atoms with Gasteiger partial charge in [0.15, 0.2) is 0 Å². The quantitative estimate of drug-likeness (QED) is 0.635. The summed E-state index contributed by atoms with van der Waals surface area (Å²) in [6, 6.07) is 6.08. The molecule has 0 bridgehead atoms. The molecular weight excluding hydrogens is 236 g/mol. The van der Waals surface area contributed by atoms with Crippen LogP contribution in [-0.2, 0) is 6.42 Å². The van der Waals surface area contributed by atoms with Gasteiger partial charge in [-0.2, -0.15) is 0 Å². The predicted molar refractivity (Wildman–Crippen MR) is 63.8 cm³/mol. The number of benzene rings is 1. The Kier molecular flexibility index (Phi) is 3.63. The average molecular weight is 248 g/mol. The number of nitrogens with two attached hydrogens (primary N) is 1. The summed E-state index contributed by atoms with van der Waals surface area (Å²) in [7, 11) is 0. The maximum absolute atomic E-state index is 10.7. The number of nitrogens with zero attached hydrogens (tertiary/aromatic N) is 3. The van der Waals surface area contributed by atoms with E-state index < -0.39 is 4.92 Å². The van der Waals surface area contributed by atoms with E-state index in [0.717, 1.165) is 6.42 Å². The summed E-state index contributed by atoms with van der Waals surface area (Å²) in [4.78, 5) is 10.2. The summed E-state index contributed by atoms with van der Waals surface area (Å²) in [5.74, 6) is 0.771. The fourth-order valence-corrected chi connectivity index (χ4v) is 1.48. The summed E-state index contributed by atoms with van der Waals surface area (Å²) in [6.45, 7) is 0.550. The van der Waals surface area contributed by atoms with Crippen LogP contribution in [-0.4, -0.2) is 21.7 Å². The molecule has 0 fully saturated rings. The molecule has 1 heterocycles. The van der Waals surface area contributed by atoms with Gasteiger partial charge in [0, 0.05) is 24.1 Å². The zero-order chi connectivity index (χ0) is 13.0. The van der Waals surface area contributed by atoms with Crippen LogP contribution in [0.3, 0.4) is 0 Å². The number of rotatable bonds is 5. The lowest BCUT2D eigenvalue weighted by atomic mass is 10.2. The van der Waals surface area contributed by atoms with Crippen molar-refractivity contribution in [1.82, 2.24) is 10.2 Å². The molecule has 7 heteroatoms. The Morgan fingerprint density at radius 1 is 1.39 bits per heavy atom. The van der Waals surface area contributed by atoms with Gasteiger partial charge < -0.3 is 10.2 Å². The van der Waals surface area contributed by atoms with Gasteiger partial charge in [-0.05, 0) is 19.0 Å². The Hall–Kier alpha value is -2.28. The van der Waals surface area contributed by atoms with Crippen LogP contribution < -0.4 is 5.73 Å². The normalized spacial score (nSPS) is 10.5. The number of non-ortho nitro benzene ring substituents is 1. The van der Waals surface area contributed by atoms with Crippen molar-refractivity contribution in [2.45, 2.75) is 12.8 Å². The molecule has 0 atom stereocenters. The third kappa shape index (κ3) is 2.69. The van der Waals surface area contributed by atoms with Crippen LogP contribution >= 0.6 is 0 Å². The second-order valence-electron chi connectivity index (χ2n) is 3.70. The van der Waals surface area contributed by atoms with Crippen LogP contribution in [0.5, 0.6) is 0 Å². The lowest BCUT2D eigenvalue weighted by molar-refractivity contribution is -0.384. The first-order valence-corrected chi connectivity index (χ1v) is 5.48. The Morgan fingerprint density at radius 3 is 2.94 bits per heavy atom. The fourth-order valence-electron chi connectivity index (χ4n) is 1.48. The zero-order valence-corrected chi connectivity index (χ0v) is 9.57. The highest BCUT2D eigenvalue weighted by Crippen LogP contribution is 2.22. The number of aromatic nitrogens is 2. The van der Waals surface area contributed by atoms with Gasteiger partial charge in [0.25, 0.3) is 5.69 Å². The topological polar surface area (TPSA) is 108 Å². The molecule has 0 aliphatic carbocycles. The van der Waals surface area contributed by atoms with Gasteiger partial charge in [-0.15, -0.1) is 10.2 Å². The smallest absolute Gasteiger partial charge is 0.270 e. The van der Waals surface area contributed by atoms with Crippen molar-refractivity contribution in [2.75, 3.05) is 6.54 Å². The highest BCUT2D eigenvalue weighted by molar-refractivity contribution is 5.57. The molecule has 0 aliphatic heterocycles. The molecule has 0 radical (unpaired) electrons. The molecule has 0 saturated carbocycles. The largest absolute Gasteiger partial charge is 0.421 e. The molecule has 2 N–H and O–H groups in total. The van der Waals surface area contributed by atoms with E-state index >= 15 is 0 Å². The van der Waals surface area contributed by atoms with Crippen molar-refractivity contribution in [3.05, 3.63) is 40.3 Å². The first kappa shape index (κ1) is 12.2. The second kappa shape index (κ2) is 5.37. The Bertz CT molecular complexity index is 553. The van der Waals surface area contributed by atoms with Crippen molar-refractivity contribution >= 4 is 5.69 Å². The minimum absolute atomic E-state index is 0.00536. The van der Waals surface area contributed by atoms with Crippen molar-refractivity contribution < 1.29 is 9.34 Å². The van der Waals surface area contributed by atoms with Crippen LogP contribution in [0.1, 0.15) is 12.3 Å². The number of nitro groups is 1. The second-order valence-corrected chi connectivity index (χ2v) is 3.70. The van der Waals surface area contributed by atoms with E-state index in [0.29, 0.717) is 24.4 Å². The average Bonchev–Trinajstić information content (AvgIpc) is 2.85. The van der Waals surface area contributed by atoms with Gasteiger partial charge in [-0.3, -0.25) is 10.1 Å². The molecule has 1 aromatic heterocycles. The minimum Gasteiger partial charge on any atom is -0.421 e. The van der Waals surface area contributed by atoms with Gasteiger partial charge in [0.1, 0.15) is 0 Å². The van der Waals surface area contributed by atoms with Gasteiger partial charge in [-0.1, -0.05) is 6.07 Å². The van der Waals surface area contributed by atoms with Crippen LogP contribution in [0.25, 0.3) is 11.5 Å². The number of aryl methyl sites for hydroxylation is 1. The maximum Gasteiger partial charge on any atom is 0.270 e. The van der Waals surface area contributed by atoms with E-state index in [4.69, 9.17) is 10.2 Å². The molecule has 7 nitrogen and oxygen atoms in total. The van der Waals surface area contributed by atoms with Gasteiger partial charge >= 0.3 is 0 Å². The lowest BCUT2D eigenvalue weighted by Gasteiger charge is -1.95. The molecule has 18 heavy (non-hydrogen) atoms. The van der Waals surface area contributed by atoms with Gasteiger partial charge in [0.05, 0.1) is 4.92 Å². The van der Waals surface area contributed by atoms with E-state index in [1.54, 1.807) is 12.1 Å². The first-order chi connectivity index (χ1) is 8.70. The molecule has 0 unspecified atom stereocenters. The molecule has 2 aromatic rings. The van der Waals surface area contributed by atoms with Crippen LogP contribution in [0.4, 0.5) is 5.69 Å². The third-order valence-electron chi connectivity index (χ3n) is 2.37. The minimum atomic E-state index is -0.463. The summed E-state index contributed by atoms with van der Waals surface area (Å²) >= 11 is 0. The Balaban J connectivity index is 2.23. The molecule has 0 saturated heterocycles. The summed E-state index contributed by atoms with van der Waals surface area (Å²) in [5.41, 5.74) is 5.91.